The molecule has 0 atom stereocenters. The molecule has 0 radical (unpaired) electrons. The Bertz CT molecular complexity index is 1200. The number of amides is 1. The van der Waals surface area contributed by atoms with Gasteiger partial charge in [-0.2, -0.15) is 5.10 Å². The second kappa shape index (κ2) is 11.8. The topological polar surface area (TPSA) is 129 Å². The maximum absolute atomic E-state index is 12.1. The van der Waals surface area contributed by atoms with Crippen LogP contribution in [0.15, 0.2) is 58.8 Å². The maximum atomic E-state index is 12.1. The minimum Gasteiger partial charge on any atom is -0.493 e. The predicted octanol–water partition coefficient (Wildman–Crippen LogP) is 3.83. The van der Waals surface area contributed by atoms with E-state index in [9.17, 15) is 14.9 Å². The van der Waals surface area contributed by atoms with Gasteiger partial charge in [0.15, 0.2) is 16.7 Å². The van der Waals surface area contributed by atoms with Gasteiger partial charge in [-0.25, -0.2) is 15.4 Å². The lowest BCUT2D eigenvalue weighted by molar-refractivity contribution is -0.384. The van der Waals surface area contributed by atoms with Gasteiger partial charge < -0.3 is 9.47 Å². The predicted molar refractivity (Wildman–Crippen MR) is 128 cm³/mol. The molecule has 1 N–H and O–H groups in total. The van der Waals surface area contributed by atoms with Crippen molar-refractivity contribution in [3.63, 3.8) is 0 Å². The fourth-order valence-corrected chi connectivity index (χ4v) is 3.65. The average molecular weight is 482 g/mol. The molecule has 0 aliphatic heterocycles. The molecule has 0 fully saturated rings. The van der Waals surface area contributed by atoms with Crippen LogP contribution in [0.25, 0.3) is 0 Å². The van der Waals surface area contributed by atoms with E-state index < -0.39 is 4.92 Å². The monoisotopic (exact) mass is 481 g/mol. The van der Waals surface area contributed by atoms with Crippen LogP contribution in [0.4, 0.5) is 5.69 Å². The van der Waals surface area contributed by atoms with Crippen molar-refractivity contribution in [1.82, 2.24) is 15.4 Å². The molecular formula is C23H23N5O5S. The molecule has 11 heteroatoms. The van der Waals surface area contributed by atoms with Crippen molar-refractivity contribution in [2.45, 2.75) is 25.6 Å². The Morgan fingerprint density at radius 3 is 2.62 bits per heavy atom. The summed E-state index contributed by atoms with van der Waals surface area (Å²) in [6, 6.07) is 13.3. The van der Waals surface area contributed by atoms with Gasteiger partial charge >= 0.3 is 0 Å². The standard InChI is InChI=1S/C23H23N5O5S/c1-15-9-16(2)26-23(25-15)34-14-22(29)27-24-12-17-7-8-20(21(11-17)32-3)33-13-18-5-4-6-19(10-18)28(30)31/h4-12H,13-14H2,1-3H3,(H,27,29). The summed E-state index contributed by atoms with van der Waals surface area (Å²) in [5, 5.41) is 15.4. The number of non-ortho nitro benzene ring substituents is 1. The quantitative estimate of drug-likeness (QED) is 0.152. The lowest BCUT2D eigenvalue weighted by Crippen LogP contribution is -2.19. The van der Waals surface area contributed by atoms with Crippen molar-refractivity contribution in [2.24, 2.45) is 5.10 Å². The smallest absolute Gasteiger partial charge is 0.269 e. The third-order valence-corrected chi connectivity index (χ3v) is 5.25. The Morgan fingerprint density at radius 1 is 1.15 bits per heavy atom. The number of nitro benzene ring substituents is 1. The van der Waals surface area contributed by atoms with Crippen molar-refractivity contribution in [2.75, 3.05) is 12.9 Å². The number of hydrazone groups is 1. The summed E-state index contributed by atoms with van der Waals surface area (Å²) in [4.78, 5) is 31.1. The highest BCUT2D eigenvalue weighted by atomic mass is 32.2. The minimum absolute atomic E-state index is 0.00148. The summed E-state index contributed by atoms with van der Waals surface area (Å²) in [5.74, 6) is 0.782. The molecule has 2 aromatic carbocycles. The summed E-state index contributed by atoms with van der Waals surface area (Å²) in [5.41, 5.74) is 5.51. The van der Waals surface area contributed by atoms with Crippen LogP contribution in [-0.4, -0.2) is 39.9 Å². The summed E-state index contributed by atoms with van der Waals surface area (Å²) < 4.78 is 11.1. The highest BCUT2D eigenvalue weighted by Crippen LogP contribution is 2.28. The van der Waals surface area contributed by atoms with Crippen molar-refractivity contribution < 1.29 is 19.2 Å². The molecule has 0 unspecified atom stereocenters. The molecule has 0 saturated heterocycles. The van der Waals surface area contributed by atoms with Crippen LogP contribution in [0, 0.1) is 24.0 Å². The molecule has 0 aliphatic rings. The van der Waals surface area contributed by atoms with E-state index in [4.69, 9.17) is 9.47 Å². The molecule has 0 aliphatic carbocycles. The summed E-state index contributed by atoms with van der Waals surface area (Å²) in [6.45, 7) is 3.90. The van der Waals surface area contributed by atoms with Crippen LogP contribution in [0.1, 0.15) is 22.5 Å². The number of nitrogens with one attached hydrogen (secondary N) is 1. The number of methoxy groups -OCH3 is 1. The summed E-state index contributed by atoms with van der Waals surface area (Å²) in [6.07, 6.45) is 1.49. The van der Waals surface area contributed by atoms with Gasteiger partial charge in [0, 0.05) is 23.5 Å². The number of aromatic nitrogens is 2. The minimum atomic E-state index is -0.451. The fraction of sp³-hybridized carbons (Fsp3) is 0.217. The zero-order valence-electron chi connectivity index (χ0n) is 18.8. The van der Waals surface area contributed by atoms with Gasteiger partial charge in [0.1, 0.15) is 6.61 Å². The van der Waals surface area contributed by atoms with Crippen LogP contribution in [0.3, 0.4) is 0 Å². The second-order valence-corrected chi connectivity index (χ2v) is 8.08. The van der Waals surface area contributed by atoms with Gasteiger partial charge in [-0.05, 0) is 49.2 Å². The number of hydrogen-bond acceptors (Lipinski definition) is 9. The van der Waals surface area contributed by atoms with E-state index >= 15 is 0 Å². The van der Waals surface area contributed by atoms with E-state index in [1.54, 1.807) is 30.3 Å². The molecule has 34 heavy (non-hydrogen) atoms. The number of nitrogens with zero attached hydrogens (tertiary/aromatic N) is 4. The van der Waals surface area contributed by atoms with Crippen LogP contribution >= 0.6 is 11.8 Å². The van der Waals surface area contributed by atoms with Crippen molar-refractivity contribution in [1.29, 1.82) is 0 Å². The van der Waals surface area contributed by atoms with Gasteiger partial charge in [-0.1, -0.05) is 23.9 Å². The lowest BCUT2D eigenvalue weighted by Gasteiger charge is -2.11. The fourth-order valence-electron chi connectivity index (χ4n) is 2.90. The van der Waals surface area contributed by atoms with Gasteiger partial charge in [-0.3, -0.25) is 14.9 Å². The Morgan fingerprint density at radius 2 is 1.91 bits per heavy atom. The lowest BCUT2D eigenvalue weighted by atomic mass is 10.2. The Hall–Kier alpha value is -3.99. The number of nitro groups is 1. The number of carbonyl (C=O) groups excluding carboxylic acids is 1. The molecule has 1 heterocycles. The van der Waals surface area contributed by atoms with Crippen molar-refractivity contribution >= 4 is 29.6 Å². The highest BCUT2D eigenvalue weighted by Gasteiger charge is 2.09. The van der Waals surface area contributed by atoms with E-state index in [-0.39, 0.29) is 24.0 Å². The van der Waals surface area contributed by atoms with E-state index in [1.807, 2.05) is 19.9 Å². The van der Waals surface area contributed by atoms with E-state index in [0.717, 1.165) is 11.4 Å². The molecule has 3 aromatic rings. The molecule has 1 aromatic heterocycles. The van der Waals surface area contributed by atoms with E-state index in [0.29, 0.717) is 27.8 Å². The Kier molecular flexibility index (Phi) is 8.52. The number of aryl methyl sites for hydroxylation is 2. The van der Waals surface area contributed by atoms with E-state index in [2.05, 4.69) is 20.5 Å². The molecule has 0 spiro atoms. The first-order valence-electron chi connectivity index (χ1n) is 10.1. The van der Waals surface area contributed by atoms with Crippen molar-refractivity contribution in [3.8, 4) is 11.5 Å². The SMILES string of the molecule is COc1cc(C=NNC(=O)CSc2nc(C)cc(C)n2)ccc1OCc1cccc([N+](=O)[O-])c1. The molecular weight excluding hydrogens is 458 g/mol. The Labute approximate surface area is 200 Å². The average Bonchev–Trinajstić information content (AvgIpc) is 2.81. The number of rotatable bonds is 10. The number of thioether (sulfide) groups is 1. The summed E-state index contributed by atoms with van der Waals surface area (Å²) >= 11 is 1.24. The maximum Gasteiger partial charge on any atom is 0.269 e. The molecule has 0 saturated carbocycles. The van der Waals surface area contributed by atoms with Gasteiger partial charge in [-0.15, -0.1) is 0 Å². The number of ether oxygens (including phenoxy) is 2. The first-order valence-corrected chi connectivity index (χ1v) is 11.1. The van der Waals surface area contributed by atoms with Crippen LogP contribution < -0.4 is 14.9 Å². The first kappa shape index (κ1) is 24.6. The zero-order chi connectivity index (χ0) is 24.5. The van der Waals surface area contributed by atoms with Gasteiger partial charge in [0.2, 0.25) is 0 Å². The number of hydrogen-bond donors (Lipinski definition) is 1. The zero-order valence-corrected chi connectivity index (χ0v) is 19.7. The molecule has 10 nitrogen and oxygen atoms in total. The molecule has 3 rings (SSSR count). The molecule has 1 amide bonds. The van der Waals surface area contributed by atoms with Crippen LogP contribution in [0.5, 0.6) is 11.5 Å². The second-order valence-electron chi connectivity index (χ2n) is 7.14. The largest absolute Gasteiger partial charge is 0.493 e. The van der Waals surface area contributed by atoms with Crippen LogP contribution in [-0.2, 0) is 11.4 Å². The third kappa shape index (κ3) is 7.27. The molecule has 176 valence electrons. The third-order valence-electron chi connectivity index (χ3n) is 4.40. The van der Waals surface area contributed by atoms with Crippen LogP contribution in [0.2, 0.25) is 0 Å². The first-order chi connectivity index (χ1) is 16.3. The van der Waals surface area contributed by atoms with E-state index in [1.165, 1.54) is 37.2 Å². The molecule has 0 bridgehead atoms. The number of carbonyl (C=O) groups is 1. The summed E-state index contributed by atoms with van der Waals surface area (Å²) in [7, 11) is 1.50. The van der Waals surface area contributed by atoms with Gasteiger partial charge in [0.05, 0.1) is 24.0 Å². The van der Waals surface area contributed by atoms with Gasteiger partial charge in [0.25, 0.3) is 11.6 Å². The highest BCUT2D eigenvalue weighted by molar-refractivity contribution is 7.99. The van der Waals surface area contributed by atoms with Crippen molar-refractivity contribution in [3.05, 3.63) is 81.2 Å². The normalized spacial score (nSPS) is 10.8. The number of benzene rings is 2. The Balaban J connectivity index is 1.54.